The second-order valence-electron chi connectivity index (χ2n) is 6.52. The minimum atomic E-state index is -0.833. The Kier molecular flexibility index (Phi) is 19.0. The Hall–Kier alpha value is -0.730. The van der Waals surface area contributed by atoms with Crippen LogP contribution in [0.3, 0.4) is 0 Å². The van der Waals surface area contributed by atoms with Gasteiger partial charge in [-0.3, -0.25) is 4.79 Å². The summed E-state index contributed by atoms with van der Waals surface area (Å²) in [6, 6.07) is 0. The van der Waals surface area contributed by atoms with E-state index < -0.39 is 5.97 Å². The predicted octanol–water partition coefficient (Wildman–Crippen LogP) is 1.70. The summed E-state index contributed by atoms with van der Waals surface area (Å²) in [4.78, 5) is 9.00. The van der Waals surface area contributed by atoms with Crippen molar-refractivity contribution in [2.45, 2.75) is 59.7 Å². The van der Waals surface area contributed by atoms with E-state index in [1.54, 1.807) is 0 Å². The second kappa shape index (κ2) is 16.1. The summed E-state index contributed by atoms with van der Waals surface area (Å²) in [6.07, 6.45) is 0. The Balaban J connectivity index is -0.000000284. The molecule has 0 saturated heterocycles. The summed E-state index contributed by atoms with van der Waals surface area (Å²) in [6.45, 7) is 15.2. The van der Waals surface area contributed by atoms with Crippen molar-refractivity contribution in [3.05, 3.63) is 0 Å². The van der Waals surface area contributed by atoms with Crippen LogP contribution in [0.5, 0.6) is 0 Å². The third-order valence-electron chi connectivity index (χ3n) is 1.46. The smallest absolute Gasteiger partial charge is 0.300 e. The van der Waals surface area contributed by atoms with Gasteiger partial charge in [-0.05, 0) is 41.5 Å². The largest absolute Gasteiger partial charge is 0.481 e. The highest BCUT2D eigenvalue weighted by Gasteiger charge is 2.19. The average Bonchev–Trinajstić information content (AvgIpc) is 2.29. The number of aliphatic hydroxyl groups is 2. The summed E-state index contributed by atoms with van der Waals surface area (Å²) < 4.78 is 15.4. The summed E-state index contributed by atoms with van der Waals surface area (Å²) in [7, 11) is 0. The second-order valence-corrected chi connectivity index (χ2v) is 6.52. The van der Waals surface area contributed by atoms with Crippen molar-refractivity contribution >= 4 is 5.97 Å². The zero-order valence-electron chi connectivity index (χ0n) is 15.7. The molecule has 0 aromatic heterocycles. The lowest BCUT2D eigenvalue weighted by Crippen LogP contribution is -2.31. The maximum atomic E-state index is 9.00. The number of carboxylic acid groups (broad SMARTS) is 1. The first kappa shape index (κ1) is 27.1. The fourth-order valence-electron chi connectivity index (χ4n) is 1.37. The monoisotopic (exact) mass is 340 g/mol. The number of carbonyl (C=O) groups is 1. The molecule has 23 heavy (non-hydrogen) atoms. The number of rotatable bonds is 7. The summed E-state index contributed by atoms with van der Waals surface area (Å²) >= 11 is 0. The van der Waals surface area contributed by atoms with Gasteiger partial charge < -0.3 is 29.5 Å². The number of carboxylic acids is 1. The lowest BCUT2D eigenvalue weighted by molar-refractivity contribution is -0.134. The molecule has 0 aromatic carbocycles. The molecule has 0 radical (unpaired) electrons. The molecule has 142 valence electrons. The fourth-order valence-corrected chi connectivity index (χ4v) is 1.37. The van der Waals surface area contributed by atoms with E-state index in [0.717, 1.165) is 6.92 Å². The van der Waals surface area contributed by atoms with Crippen LogP contribution >= 0.6 is 0 Å². The van der Waals surface area contributed by atoms with Gasteiger partial charge in [-0.2, -0.15) is 0 Å². The van der Waals surface area contributed by atoms with Crippen molar-refractivity contribution in [3.8, 4) is 0 Å². The van der Waals surface area contributed by atoms with Crippen LogP contribution in [-0.4, -0.2) is 72.1 Å². The van der Waals surface area contributed by atoms with Crippen LogP contribution in [0.4, 0.5) is 0 Å². The van der Waals surface area contributed by atoms with Gasteiger partial charge in [0.05, 0.1) is 50.8 Å². The number of aliphatic hydroxyl groups excluding tert-OH is 2. The highest BCUT2D eigenvalue weighted by molar-refractivity contribution is 5.62. The Labute approximate surface area is 140 Å². The van der Waals surface area contributed by atoms with Gasteiger partial charge in [-0.25, -0.2) is 0 Å². The van der Waals surface area contributed by atoms with E-state index in [1.807, 2.05) is 0 Å². The SMILES string of the molecule is CC(=O)O.CC(C)(C)OC(C)(C)C.OCCOCCOCCO. The van der Waals surface area contributed by atoms with Gasteiger partial charge in [0.15, 0.2) is 0 Å². The molecule has 0 heterocycles. The van der Waals surface area contributed by atoms with E-state index in [0.29, 0.717) is 26.4 Å². The van der Waals surface area contributed by atoms with E-state index in [-0.39, 0.29) is 24.4 Å². The Morgan fingerprint density at radius 1 is 0.783 bits per heavy atom. The van der Waals surface area contributed by atoms with Gasteiger partial charge in [-0.1, -0.05) is 0 Å². The molecule has 0 saturated carbocycles. The van der Waals surface area contributed by atoms with Gasteiger partial charge in [0.25, 0.3) is 5.97 Å². The number of hydrogen-bond acceptors (Lipinski definition) is 6. The number of ether oxygens (including phenoxy) is 3. The van der Waals surface area contributed by atoms with Gasteiger partial charge in [0.2, 0.25) is 0 Å². The molecule has 7 nitrogen and oxygen atoms in total. The van der Waals surface area contributed by atoms with E-state index in [2.05, 4.69) is 41.5 Å². The first-order valence-electron chi connectivity index (χ1n) is 7.62. The first-order chi connectivity index (χ1) is 10.4. The van der Waals surface area contributed by atoms with Crippen LogP contribution in [0.1, 0.15) is 48.5 Å². The molecular weight excluding hydrogens is 304 g/mol. The van der Waals surface area contributed by atoms with E-state index in [4.69, 9.17) is 34.3 Å². The zero-order valence-corrected chi connectivity index (χ0v) is 15.7. The minimum Gasteiger partial charge on any atom is -0.481 e. The number of hydrogen-bond donors (Lipinski definition) is 3. The van der Waals surface area contributed by atoms with Crippen LogP contribution in [0.2, 0.25) is 0 Å². The normalized spacial score (nSPS) is 11.0. The van der Waals surface area contributed by atoms with Crippen molar-refractivity contribution in [3.63, 3.8) is 0 Å². The standard InChI is InChI=1S/C8H18O.C6H14O4.C2H4O2/c1-7(2,3)9-8(4,5)6;7-1-3-9-5-6-10-4-2-8;1-2(3)4/h1-6H3;7-8H,1-6H2;1H3,(H,3,4). The van der Waals surface area contributed by atoms with Crippen LogP contribution in [0.25, 0.3) is 0 Å². The molecular formula is C16H36O7. The molecule has 0 atom stereocenters. The maximum Gasteiger partial charge on any atom is 0.300 e. The molecule has 0 fully saturated rings. The highest BCUT2D eigenvalue weighted by atomic mass is 16.5. The highest BCUT2D eigenvalue weighted by Crippen LogP contribution is 2.17. The third-order valence-corrected chi connectivity index (χ3v) is 1.46. The van der Waals surface area contributed by atoms with Crippen molar-refractivity contribution in [1.82, 2.24) is 0 Å². The number of aliphatic carboxylic acids is 1. The quantitative estimate of drug-likeness (QED) is 0.606. The summed E-state index contributed by atoms with van der Waals surface area (Å²) in [5, 5.41) is 23.9. The molecule has 0 rings (SSSR count). The van der Waals surface area contributed by atoms with E-state index >= 15 is 0 Å². The molecule has 0 spiro atoms. The Morgan fingerprint density at radius 3 is 1.17 bits per heavy atom. The summed E-state index contributed by atoms with van der Waals surface area (Å²) in [5.41, 5.74) is -0.0312. The van der Waals surface area contributed by atoms with E-state index in [9.17, 15) is 0 Å². The lowest BCUT2D eigenvalue weighted by Gasteiger charge is -2.30. The van der Waals surface area contributed by atoms with Crippen LogP contribution in [-0.2, 0) is 19.0 Å². The first-order valence-corrected chi connectivity index (χ1v) is 7.62. The molecule has 0 unspecified atom stereocenters. The molecule has 0 aromatic rings. The van der Waals surface area contributed by atoms with Crippen LogP contribution in [0.15, 0.2) is 0 Å². The van der Waals surface area contributed by atoms with Crippen molar-refractivity contribution in [2.75, 3.05) is 39.6 Å². The lowest BCUT2D eigenvalue weighted by atomic mass is 10.1. The van der Waals surface area contributed by atoms with Crippen LogP contribution < -0.4 is 0 Å². The molecule has 7 heteroatoms. The molecule has 0 aliphatic heterocycles. The average molecular weight is 340 g/mol. The van der Waals surface area contributed by atoms with Gasteiger partial charge in [0, 0.05) is 6.92 Å². The van der Waals surface area contributed by atoms with E-state index in [1.165, 1.54) is 0 Å². The Morgan fingerprint density at radius 2 is 1.04 bits per heavy atom. The van der Waals surface area contributed by atoms with Gasteiger partial charge in [-0.15, -0.1) is 0 Å². The van der Waals surface area contributed by atoms with Crippen molar-refractivity contribution in [2.24, 2.45) is 0 Å². The maximum absolute atomic E-state index is 9.00. The molecule has 0 aliphatic rings. The zero-order chi connectivity index (χ0) is 18.9. The molecule has 0 bridgehead atoms. The van der Waals surface area contributed by atoms with Crippen molar-refractivity contribution < 1.29 is 34.3 Å². The van der Waals surface area contributed by atoms with Gasteiger partial charge in [0.1, 0.15) is 0 Å². The molecule has 0 amide bonds. The Bertz CT molecular complexity index is 230. The predicted molar refractivity (Wildman–Crippen MR) is 89.7 cm³/mol. The van der Waals surface area contributed by atoms with Crippen molar-refractivity contribution in [1.29, 1.82) is 0 Å². The third kappa shape index (κ3) is 52.5. The fraction of sp³-hybridized carbons (Fsp3) is 0.938. The molecule has 3 N–H and O–H groups in total. The van der Waals surface area contributed by atoms with Gasteiger partial charge >= 0.3 is 0 Å². The summed E-state index contributed by atoms with van der Waals surface area (Å²) in [5.74, 6) is -0.833. The molecule has 0 aliphatic carbocycles. The van der Waals surface area contributed by atoms with Crippen LogP contribution in [0, 0.1) is 0 Å². The topological polar surface area (TPSA) is 105 Å². The minimum absolute atomic E-state index is 0.0156.